The van der Waals surface area contributed by atoms with Crippen molar-refractivity contribution in [3.05, 3.63) is 72.4 Å². The van der Waals surface area contributed by atoms with E-state index in [9.17, 15) is 0 Å². The van der Waals surface area contributed by atoms with Crippen LogP contribution in [0.25, 0.3) is 0 Å². The van der Waals surface area contributed by atoms with Gasteiger partial charge in [-0.15, -0.1) is 0 Å². The molecule has 0 radical (unpaired) electrons. The first kappa shape index (κ1) is 34.4. The Kier molecular flexibility index (Phi) is 23.3. The minimum absolute atomic E-state index is 1.20. The maximum atomic E-state index is 2.44. The van der Waals surface area contributed by atoms with Gasteiger partial charge in [0.1, 0.15) is 6.54 Å². The fraction of sp³-hybridized carbons (Fsp3) is 0.676. The zero-order valence-electron chi connectivity index (χ0n) is 25.9. The van der Waals surface area contributed by atoms with Crippen LogP contribution in [0.2, 0.25) is 0 Å². The number of benzene rings is 1. The molecular weight excluding hydrogens is 458 g/mol. The van der Waals surface area contributed by atoms with E-state index in [1.165, 1.54) is 152 Å². The standard InChI is InChI=1S/C37H64N/c1-4-7-10-13-16-19-22-28-33-38(36-37-31-26-25-27-32-37,34-29-23-20-17-14-11-8-5-2)35-30-24-21-18-15-12-9-6-3/h13-18,25-27,31-32H,4-12,19-24,28-30,33-36H2,1-3H3/q+1/b16-13+,17-14+,18-15+. The Bertz CT molecular complexity index is 634. The van der Waals surface area contributed by atoms with Crippen molar-refractivity contribution < 1.29 is 4.48 Å². The summed E-state index contributed by atoms with van der Waals surface area (Å²) in [5, 5.41) is 0. The molecule has 216 valence electrons. The number of nitrogens with zero attached hydrogens (tertiary/aromatic N) is 1. The van der Waals surface area contributed by atoms with Crippen molar-refractivity contribution in [3.63, 3.8) is 0 Å². The highest BCUT2D eigenvalue weighted by Crippen LogP contribution is 2.21. The molecule has 1 nitrogen and oxygen atoms in total. The Morgan fingerprint density at radius 3 is 1.13 bits per heavy atom. The van der Waals surface area contributed by atoms with Crippen molar-refractivity contribution >= 4 is 0 Å². The number of hydrogen-bond acceptors (Lipinski definition) is 0. The third-order valence-corrected chi connectivity index (χ3v) is 7.79. The van der Waals surface area contributed by atoms with Gasteiger partial charge in [-0.3, -0.25) is 0 Å². The molecule has 0 heterocycles. The second-order valence-electron chi connectivity index (χ2n) is 11.5. The smallest absolute Gasteiger partial charge is 0.104 e. The molecule has 0 atom stereocenters. The fourth-order valence-electron chi connectivity index (χ4n) is 5.34. The number of unbranched alkanes of at least 4 members (excludes halogenated alkanes) is 12. The van der Waals surface area contributed by atoms with Gasteiger partial charge in [-0.05, 0) is 77.0 Å². The molecule has 0 saturated carbocycles. The molecule has 1 heteroatoms. The van der Waals surface area contributed by atoms with Crippen LogP contribution in [0.3, 0.4) is 0 Å². The average Bonchev–Trinajstić information content (AvgIpc) is 2.93. The molecule has 0 fully saturated rings. The average molecular weight is 523 g/mol. The molecule has 0 aliphatic heterocycles. The van der Waals surface area contributed by atoms with E-state index >= 15 is 0 Å². The van der Waals surface area contributed by atoms with E-state index in [0.717, 1.165) is 0 Å². The highest BCUT2D eigenvalue weighted by molar-refractivity contribution is 5.13. The van der Waals surface area contributed by atoms with Gasteiger partial charge in [0.05, 0.1) is 19.6 Å². The summed E-state index contributed by atoms with van der Waals surface area (Å²) in [5.41, 5.74) is 1.52. The van der Waals surface area contributed by atoms with Crippen LogP contribution < -0.4 is 0 Å². The van der Waals surface area contributed by atoms with E-state index in [1.54, 1.807) is 0 Å². The van der Waals surface area contributed by atoms with Crippen LogP contribution in [0.15, 0.2) is 66.8 Å². The summed E-state index contributed by atoms with van der Waals surface area (Å²) in [6.07, 6.45) is 38.0. The van der Waals surface area contributed by atoms with E-state index in [0.29, 0.717) is 0 Å². The summed E-state index contributed by atoms with van der Waals surface area (Å²) >= 11 is 0. The van der Waals surface area contributed by atoms with Gasteiger partial charge >= 0.3 is 0 Å². The lowest BCUT2D eigenvalue weighted by Crippen LogP contribution is -2.49. The Balaban J connectivity index is 2.74. The third-order valence-electron chi connectivity index (χ3n) is 7.79. The van der Waals surface area contributed by atoms with Crippen molar-refractivity contribution in [2.45, 2.75) is 143 Å². The molecule has 0 amide bonds. The first-order chi connectivity index (χ1) is 18.8. The quantitative estimate of drug-likeness (QED) is 0.0644. The Hall–Kier alpha value is -1.60. The largest absolute Gasteiger partial charge is 0.320 e. The topological polar surface area (TPSA) is 0 Å². The van der Waals surface area contributed by atoms with Crippen molar-refractivity contribution in [2.75, 3.05) is 19.6 Å². The lowest BCUT2D eigenvalue weighted by Gasteiger charge is -2.39. The van der Waals surface area contributed by atoms with E-state index < -0.39 is 0 Å². The maximum Gasteiger partial charge on any atom is 0.104 e. The summed E-state index contributed by atoms with van der Waals surface area (Å²) in [7, 11) is 0. The normalized spacial score (nSPS) is 12.5. The van der Waals surface area contributed by atoms with Gasteiger partial charge in [0.25, 0.3) is 0 Å². The van der Waals surface area contributed by atoms with Crippen molar-refractivity contribution in [3.8, 4) is 0 Å². The monoisotopic (exact) mass is 523 g/mol. The van der Waals surface area contributed by atoms with Crippen LogP contribution >= 0.6 is 0 Å². The van der Waals surface area contributed by atoms with E-state index in [4.69, 9.17) is 0 Å². The van der Waals surface area contributed by atoms with Crippen molar-refractivity contribution in [1.29, 1.82) is 0 Å². The van der Waals surface area contributed by atoms with Gasteiger partial charge in [0, 0.05) is 5.56 Å². The van der Waals surface area contributed by atoms with E-state index in [1.807, 2.05) is 0 Å². The van der Waals surface area contributed by atoms with E-state index in [2.05, 4.69) is 87.6 Å². The molecule has 0 aromatic heterocycles. The molecule has 0 aliphatic rings. The first-order valence-electron chi connectivity index (χ1n) is 16.6. The van der Waals surface area contributed by atoms with Crippen LogP contribution in [-0.2, 0) is 6.54 Å². The van der Waals surface area contributed by atoms with Crippen LogP contribution in [0, 0.1) is 0 Å². The van der Waals surface area contributed by atoms with Gasteiger partial charge < -0.3 is 4.48 Å². The maximum absolute atomic E-state index is 2.44. The minimum Gasteiger partial charge on any atom is -0.320 e. The van der Waals surface area contributed by atoms with Crippen molar-refractivity contribution in [2.24, 2.45) is 0 Å². The summed E-state index contributed by atoms with van der Waals surface area (Å²) in [5.74, 6) is 0. The van der Waals surface area contributed by atoms with Crippen molar-refractivity contribution in [1.82, 2.24) is 0 Å². The first-order valence-corrected chi connectivity index (χ1v) is 16.6. The van der Waals surface area contributed by atoms with Crippen LogP contribution in [-0.4, -0.2) is 24.1 Å². The Labute approximate surface area is 239 Å². The highest BCUT2D eigenvalue weighted by Gasteiger charge is 2.26. The highest BCUT2D eigenvalue weighted by atomic mass is 15.3. The summed E-state index contributed by atoms with van der Waals surface area (Å²) in [4.78, 5) is 0. The minimum atomic E-state index is 1.20. The third kappa shape index (κ3) is 19.5. The zero-order chi connectivity index (χ0) is 27.4. The van der Waals surface area contributed by atoms with Gasteiger partial charge in [0.15, 0.2) is 0 Å². The van der Waals surface area contributed by atoms with E-state index in [-0.39, 0.29) is 0 Å². The predicted octanol–water partition coefficient (Wildman–Crippen LogP) is 11.8. The van der Waals surface area contributed by atoms with Gasteiger partial charge in [-0.1, -0.05) is 126 Å². The molecule has 1 aromatic carbocycles. The molecular formula is C37H64N+. The lowest BCUT2D eigenvalue weighted by molar-refractivity contribution is -0.941. The van der Waals surface area contributed by atoms with Crippen LogP contribution in [0.1, 0.15) is 142 Å². The van der Waals surface area contributed by atoms with Gasteiger partial charge in [0.2, 0.25) is 0 Å². The molecule has 0 bridgehead atoms. The van der Waals surface area contributed by atoms with Crippen LogP contribution in [0.5, 0.6) is 0 Å². The molecule has 0 spiro atoms. The molecule has 1 rings (SSSR count). The lowest BCUT2D eigenvalue weighted by atomic mass is 10.1. The Morgan fingerprint density at radius 2 is 0.789 bits per heavy atom. The van der Waals surface area contributed by atoms with Crippen LogP contribution in [0.4, 0.5) is 0 Å². The molecule has 0 unspecified atom stereocenters. The number of hydrogen-bond donors (Lipinski definition) is 0. The molecule has 0 aliphatic carbocycles. The summed E-state index contributed by atoms with van der Waals surface area (Å²) in [6.45, 7) is 12.0. The SMILES string of the molecule is CCCC/C=C/CCCC[N+](CCCC/C=C/CCCC)(CCCC/C=C/CCCC)Cc1ccccc1. The summed E-state index contributed by atoms with van der Waals surface area (Å²) in [6, 6.07) is 11.3. The molecule has 0 saturated heterocycles. The molecule has 0 N–H and O–H groups in total. The van der Waals surface area contributed by atoms with Gasteiger partial charge in [-0.25, -0.2) is 0 Å². The zero-order valence-corrected chi connectivity index (χ0v) is 25.9. The second-order valence-corrected chi connectivity index (χ2v) is 11.5. The second kappa shape index (κ2) is 25.7. The number of allylic oxidation sites excluding steroid dienone is 6. The Morgan fingerprint density at radius 1 is 0.447 bits per heavy atom. The molecule has 38 heavy (non-hydrogen) atoms. The predicted molar refractivity (Wildman–Crippen MR) is 173 cm³/mol. The van der Waals surface area contributed by atoms with Gasteiger partial charge in [-0.2, -0.15) is 0 Å². The number of quaternary nitrogens is 1. The fourth-order valence-corrected chi connectivity index (χ4v) is 5.34. The molecule has 1 aromatic rings. The number of rotatable bonds is 26. The summed E-state index contributed by atoms with van der Waals surface area (Å²) < 4.78 is 1.28.